The van der Waals surface area contributed by atoms with Gasteiger partial charge in [-0.3, -0.25) is 0 Å². The summed E-state index contributed by atoms with van der Waals surface area (Å²) in [5, 5.41) is 6.75. The molecular formula is C16H24ClN5. The molecule has 0 bridgehead atoms. The van der Waals surface area contributed by atoms with Crippen molar-refractivity contribution in [2.45, 2.75) is 25.3 Å². The summed E-state index contributed by atoms with van der Waals surface area (Å²) in [5.41, 5.74) is 1.87. The second-order valence-corrected chi connectivity index (χ2v) is 5.66. The van der Waals surface area contributed by atoms with Gasteiger partial charge in [0.15, 0.2) is 11.6 Å². The van der Waals surface area contributed by atoms with E-state index in [9.17, 15) is 0 Å². The molecule has 1 aliphatic rings. The van der Waals surface area contributed by atoms with Crippen LogP contribution in [0, 0.1) is 0 Å². The van der Waals surface area contributed by atoms with Gasteiger partial charge >= 0.3 is 0 Å². The molecule has 1 aromatic carbocycles. The number of anilines is 2. The number of nitrogens with zero attached hydrogens (tertiary/aromatic N) is 3. The molecule has 1 atom stereocenters. The van der Waals surface area contributed by atoms with Crippen molar-refractivity contribution >= 4 is 35.1 Å². The summed E-state index contributed by atoms with van der Waals surface area (Å²) >= 11 is 0. The second-order valence-electron chi connectivity index (χ2n) is 5.66. The van der Waals surface area contributed by atoms with Crippen LogP contribution in [-0.2, 0) is 0 Å². The number of piperidine rings is 1. The molecule has 22 heavy (non-hydrogen) atoms. The maximum absolute atomic E-state index is 4.78. The van der Waals surface area contributed by atoms with Gasteiger partial charge < -0.3 is 15.5 Å². The standard InChI is InChI=1S/C16H23N5.ClH/c1-17-15-16(20-14-9-4-3-8-13(14)19-15)21(2)11-12-7-5-6-10-18-12;/h3-4,8-9,12,18H,5-7,10-11H2,1-2H3,(H,17,19);1H. The lowest BCUT2D eigenvalue weighted by Crippen LogP contribution is -2.42. The Balaban J connectivity index is 0.00000176. The number of halogens is 1. The van der Waals surface area contributed by atoms with Crippen LogP contribution in [0.1, 0.15) is 19.3 Å². The predicted octanol–water partition coefficient (Wildman–Crippen LogP) is 2.67. The fourth-order valence-electron chi connectivity index (χ4n) is 2.92. The van der Waals surface area contributed by atoms with E-state index in [1.807, 2.05) is 31.3 Å². The molecule has 1 saturated heterocycles. The summed E-state index contributed by atoms with van der Waals surface area (Å²) in [5.74, 6) is 1.76. The third-order valence-electron chi connectivity index (χ3n) is 4.06. The van der Waals surface area contributed by atoms with Crippen LogP contribution in [0.5, 0.6) is 0 Å². The summed E-state index contributed by atoms with van der Waals surface area (Å²) in [6, 6.07) is 8.55. The Morgan fingerprint density at radius 2 is 1.95 bits per heavy atom. The van der Waals surface area contributed by atoms with Crippen LogP contribution < -0.4 is 15.5 Å². The second kappa shape index (κ2) is 7.61. The van der Waals surface area contributed by atoms with E-state index in [-0.39, 0.29) is 12.4 Å². The van der Waals surface area contributed by atoms with Gasteiger partial charge in [-0.05, 0) is 31.5 Å². The molecule has 1 unspecified atom stereocenters. The minimum absolute atomic E-state index is 0. The number of fused-ring (bicyclic) bond motifs is 1. The van der Waals surface area contributed by atoms with Crippen molar-refractivity contribution in [2.75, 3.05) is 37.4 Å². The normalized spacial score (nSPS) is 17.8. The third-order valence-corrected chi connectivity index (χ3v) is 4.06. The highest BCUT2D eigenvalue weighted by molar-refractivity contribution is 5.85. The molecule has 1 aliphatic heterocycles. The molecule has 2 heterocycles. The molecule has 0 saturated carbocycles. The molecule has 0 aliphatic carbocycles. The first-order valence-corrected chi connectivity index (χ1v) is 7.67. The Labute approximate surface area is 137 Å². The largest absolute Gasteiger partial charge is 0.370 e. The lowest BCUT2D eigenvalue weighted by atomic mass is 10.0. The van der Waals surface area contributed by atoms with Gasteiger partial charge in [0.1, 0.15) is 0 Å². The number of aromatic nitrogens is 2. The number of benzene rings is 1. The molecule has 0 amide bonds. The van der Waals surface area contributed by atoms with Crippen molar-refractivity contribution in [3.8, 4) is 0 Å². The molecule has 2 aromatic rings. The van der Waals surface area contributed by atoms with Gasteiger partial charge in [0.25, 0.3) is 0 Å². The van der Waals surface area contributed by atoms with Crippen LogP contribution in [0.3, 0.4) is 0 Å². The predicted molar refractivity (Wildman–Crippen MR) is 95.2 cm³/mol. The summed E-state index contributed by atoms with van der Waals surface area (Å²) in [6.07, 6.45) is 3.84. The average molecular weight is 322 g/mol. The molecule has 5 nitrogen and oxygen atoms in total. The van der Waals surface area contributed by atoms with Crippen LogP contribution in [0.15, 0.2) is 24.3 Å². The van der Waals surface area contributed by atoms with Crippen LogP contribution in [0.2, 0.25) is 0 Å². The topological polar surface area (TPSA) is 53.1 Å². The fraction of sp³-hybridized carbons (Fsp3) is 0.500. The van der Waals surface area contributed by atoms with E-state index in [1.165, 1.54) is 19.3 Å². The summed E-state index contributed by atoms with van der Waals surface area (Å²) < 4.78 is 0. The Morgan fingerprint density at radius 1 is 1.23 bits per heavy atom. The van der Waals surface area contributed by atoms with E-state index < -0.39 is 0 Å². The Kier molecular flexibility index (Phi) is 5.80. The molecule has 0 spiro atoms. The summed E-state index contributed by atoms with van der Waals surface area (Å²) in [7, 11) is 3.99. The smallest absolute Gasteiger partial charge is 0.172 e. The van der Waals surface area contributed by atoms with E-state index >= 15 is 0 Å². The molecule has 3 rings (SSSR count). The lowest BCUT2D eigenvalue weighted by molar-refractivity contribution is 0.403. The summed E-state index contributed by atoms with van der Waals surface area (Å²) in [6.45, 7) is 2.09. The van der Waals surface area contributed by atoms with Crippen molar-refractivity contribution < 1.29 is 0 Å². The van der Waals surface area contributed by atoms with Crippen molar-refractivity contribution in [3.05, 3.63) is 24.3 Å². The highest BCUT2D eigenvalue weighted by atomic mass is 35.5. The van der Waals surface area contributed by atoms with Gasteiger partial charge in [-0.25, -0.2) is 9.97 Å². The Bertz CT molecular complexity index is 613. The third kappa shape index (κ3) is 3.59. The number of para-hydroxylation sites is 2. The van der Waals surface area contributed by atoms with Crippen molar-refractivity contribution in [1.29, 1.82) is 0 Å². The molecule has 1 aromatic heterocycles. The zero-order chi connectivity index (χ0) is 14.7. The fourth-order valence-corrected chi connectivity index (χ4v) is 2.92. The number of nitrogens with one attached hydrogen (secondary N) is 2. The maximum Gasteiger partial charge on any atom is 0.172 e. The number of hydrogen-bond acceptors (Lipinski definition) is 5. The average Bonchev–Trinajstić information content (AvgIpc) is 2.54. The van der Waals surface area contributed by atoms with Crippen molar-refractivity contribution in [2.24, 2.45) is 0 Å². The number of likely N-dealkylation sites (N-methyl/N-ethyl adjacent to an activating group) is 1. The first-order chi connectivity index (χ1) is 10.3. The van der Waals surface area contributed by atoms with Gasteiger partial charge in [-0.2, -0.15) is 0 Å². The highest BCUT2D eigenvalue weighted by Crippen LogP contribution is 2.24. The first kappa shape index (κ1) is 16.8. The zero-order valence-corrected chi connectivity index (χ0v) is 14.0. The highest BCUT2D eigenvalue weighted by Gasteiger charge is 2.18. The van der Waals surface area contributed by atoms with E-state index in [4.69, 9.17) is 4.98 Å². The molecule has 120 valence electrons. The van der Waals surface area contributed by atoms with Crippen LogP contribution in [0.25, 0.3) is 11.0 Å². The number of rotatable bonds is 4. The maximum atomic E-state index is 4.78. The van der Waals surface area contributed by atoms with Crippen LogP contribution >= 0.6 is 12.4 Å². The van der Waals surface area contributed by atoms with Crippen molar-refractivity contribution in [1.82, 2.24) is 15.3 Å². The van der Waals surface area contributed by atoms with E-state index in [2.05, 4.69) is 27.6 Å². The van der Waals surface area contributed by atoms with Gasteiger partial charge in [-0.15, -0.1) is 12.4 Å². The van der Waals surface area contributed by atoms with Gasteiger partial charge in [0, 0.05) is 26.7 Å². The van der Waals surface area contributed by atoms with Gasteiger partial charge in [0.05, 0.1) is 11.0 Å². The minimum Gasteiger partial charge on any atom is -0.370 e. The zero-order valence-electron chi connectivity index (χ0n) is 13.2. The molecule has 1 fully saturated rings. The van der Waals surface area contributed by atoms with Gasteiger partial charge in [-0.1, -0.05) is 18.6 Å². The number of hydrogen-bond donors (Lipinski definition) is 2. The van der Waals surface area contributed by atoms with E-state index in [0.717, 1.165) is 35.8 Å². The quantitative estimate of drug-likeness (QED) is 0.906. The SMILES string of the molecule is CNc1nc2ccccc2nc1N(C)CC1CCCCN1.Cl. The Morgan fingerprint density at radius 3 is 2.59 bits per heavy atom. The Hall–Kier alpha value is -1.59. The first-order valence-electron chi connectivity index (χ1n) is 7.67. The molecular weight excluding hydrogens is 298 g/mol. The van der Waals surface area contributed by atoms with E-state index in [1.54, 1.807) is 0 Å². The molecule has 0 radical (unpaired) electrons. The van der Waals surface area contributed by atoms with Gasteiger partial charge in [0.2, 0.25) is 0 Å². The van der Waals surface area contributed by atoms with Crippen LogP contribution in [-0.4, -0.2) is 43.2 Å². The lowest BCUT2D eigenvalue weighted by Gasteiger charge is -2.29. The monoisotopic (exact) mass is 321 g/mol. The molecule has 2 N–H and O–H groups in total. The van der Waals surface area contributed by atoms with E-state index in [0.29, 0.717) is 6.04 Å². The van der Waals surface area contributed by atoms with Crippen molar-refractivity contribution in [3.63, 3.8) is 0 Å². The minimum atomic E-state index is 0. The summed E-state index contributed by atoms with van der Waals surface area (Å²) in [4.78, 5) is 11.7. The van der Waals surface area contributed by atoms with Crippen LogP contribution in [0.4, 0.5) is 11.6 Å². The molecule has 6 heteroatoms.